The van der Waals surface area contributed by atoms with E-state index in [9.17, 15) is 19.2 Å². The Bertz CT molecular complexity index is 909. The summed E-state index contributed by atoms with van der Waals surface area (Å²) in [4.78, 5) is 47.2. The molecule has 0 aliphatic heterocycles. The van der Waals surface area contributed by atoms with E-state index in [-0.39, 0.29) is 12.5 Å². The number of ether oxygens (including phenoxy) is 1. The first kappa shape index (κ1) is 21.6. The van der Waals surface area contributed by atoms with Gasteiger partial charge < -0.3 is 20.7 Å². The summed E-state index contributed by atoms with van der Waals surface area (Å²) >= 11 is 0. The number of carbonyl (C=O) groups excluding carboxylic acids is 4. The van der Waals surface area contributed by atoms with Crippen molar-refractivity contribution in [2.75, 3.05) is 17.2 Å². The van der Waals surface area contributed by atoms with Crippen molar-refractivity contribution in [3.8, 4) is 0 Å². The fraction of sp³-hybridized carbons (Fsp3) is 0.238. The third kappa shape index (κ3) is 6.76. The molecular weight excluding hydrogens is 374 g/mol. The summed E-state index contributed by atoms with van der Waals surface area (Å²) in [6.45, 7) is 4.27. The fourth-order valence-electron chi connectivity index (χ4n) is 2.45. The molecule has 2 rings (SSSR count). The van der Waals surface area contributed by atoms with Gasteiger partial charge in [-0.2, -0.15) is 0 Å². The standard InChI is InChI=1S/C21H23N3O5/c1-13-6-4-5-7-18(13)21(28)22-12-19(26)29-14(2)20(27)24-17-10-8-16(9-11-17)23-15(3)25/h4-11,14H,12H2,1-3H3,(H,22,28)(H,23,25)(H,24,27). The van der Waals surface area contributed by atoms with Gasteiger partial charge in [0, 0.05) is 23.9 Å². The number of nitrogens with one attached hydrogen (secondary N) is 3. The Labute approximate surface area is 168 Å². The largest absolute Gasteiger partial charge is 0.451 e. The number of amides is 3. The second-order valence-corrected chi connectivity index (χ2v) is 6.38. The quantitative estimate of drug-likeness (QED) is 0.620. The van der Waals surface area contributed by atoms with Crippen molar-refractivity contribution >= 4 is 35.1 Å². The molecule has 8 heteroatoms. The lowest BCUT2D eigenvalue weighted by molar-refractivity contribution is -0.152. The maximum atomic E-state index is 12.2. The second-order valence-electron chi connectivity index (χ2n) is 6.38. The van der Waals surface area contributed by atoms with Crippen LogP contribution in [0.2, 0.25) is 0 Å². The summed E-state index contributed by atoms with van der Waals surface area (Å²) < 4.78 is 5.05. The zero-order valence-corrected chi connectivity index (χ0v) is 16.4. The van der Waals surface area contributed by atoms with Crippen LogP contribution in [0.5, 0.6) is 0 Å². The molecule has 2 aromatic carbocycles. The first-order chi connectivity index (χ1) is 13.8. The molecule has 0 radical (unpaired) electrons. The molecule has 0 spiro atoms. The van der Waals surface area contributed by atoms with Gasteiger partial charge in [0.25, 0.3) is 11.8 Å². The van der Waals surface area contributed by atoms with Gasteiger partial charge in [-0.3, -0.25) is 19.2 Å². The Morgan fingerprint density at radius 1 is 0.931 bits per heavy atom. The Balaban J connectivity index is 1.81. The van der Waals surface area contributed by atoms with Crippen LogP contribution in [0.1, 0.15) is 29.8 Å². The minimum absolute atomic E-state index is 0.197. The van der Waals surface area contributed by atoms with Gasteiger partial charge in [0.2, 0.25) is 5.91 Å². The van der Waals surface area contributed by atoms with Crippen molar-refractivity contribution in [2.45, 2.75) is 26.9 Å². The first-order valence-corrected chi connectivity index (χ1v) is 8.98. The second kappa shape index (κ2) is 10.0. The Morgan fingerprint density at radius 2 is 1.52 bits per heavy atom. The van der Waals surface area contributed by atoms with E-state index in [1.807, 2.05) is 6.07 Å². The summed E-state index contributed by atoms with van der Waals surface area (Å²) in [6, 6.07) is 13.5. The van der Waals surface area contributed by atoms with Crippen molar-refractivity contribution in [3.63, 3.8) is 0 Å². The predicted octanol–water partition coefficient (Wildman–Crippen LogP) is 2.25. The van der Waals surface area contributed by atoms with Crippen molar-refractivity contribution < 1.29 is 23.9 Å². The van der Waals surface area contributed by atoms with E-state index in [1.54, 1.807) is 49.4 Å². The SMILES string of the molecule is CC(=O)Nc1ccc(NC(=O)C(C)OC(=O)CNC(=O)c2ccccc2C)cc1. The number of carbonyl (C=O) groups is 4. The lowest BCUT2D eigenvalue weighted by Gasteiger charge is -2.14. The average Bonchev–Trinajstić information content (AvgIpc) is 2.67. The van der Waals surface area contributed by atoms with E-state index >= 15 is 0 Å². The number of benzene rings is 2. The van der Waals surface area contributed by atoms with E-state index in [1.165, 1.54) is 13.8 Å². The van der Waals surface area contributed by atoms with E-state index in [2.05, 4.69) is 16.0 Å². The molecule has 0 heterocycles. The minimum atomic E-state index is -1.05. The third-order valence-corrected chi connectivity index (χ3v) is 3.93. The van der Waals surface area contributed by atoms with Gasteiger partial charge in [-0.15, -0.1) is 0 Å². The highest BCUT2D eigenvalue weighted by Crippen LogP contribution is 2.14. The molecule has 3 N–H and O–H groups in total. The van der Waals surface area contributed by atoms with Crippen LogP contribution < -0.4 is 16.0 Å². The molecule has 152 valence electrons. The maximum Gasteiger partial charge on any atom is 0.326 e. The number of hydrogen-bond donors (Lipinski definition) is 3. The molecule has 0 aromatic heterocycles. The highest BCUT2D eigenvalue weighted by Gasteiger charge is 2.19. The van der Waals surface area contributed by atoms with Gasteiger partial charge in [-0.05, 0) is 49.7 Å². The molecule has 0 aliphatic rings. The van der Waals surface area contributed by atoms with Crippen LogP contribution in [0.25, 0.3) is 0 Å². The number of hydrogen-bond acceptors (Lipinski definition) is 5. The number of esters is 1. The highest BCUT2D eigenvalue weighted by molar-refractivity contribution is 5.98. The van der Waals surface area contributed by atoms with Crippen LogP contribution in [0.3, 0.4) is 0 Å². The van der Waals surface area contributed by atoms with Crippen molar-refractivity contribution in [1.82, 2.24) is 5.32 Å². The summed E-state index contributed by atoms with van der Waals surface area (Å²) in [5, 5.41) is 7.70. The van der Waals surface area contributed by atoms with Gasteiger partial charge >= 0.3 is 5.97 Å². The lowest BCUT2D eigenvalue weighted by Crippen LogP contribution is -2.36. The van der Waals surface area contributed by atoms with Crippen LogP contribution in [-0.2, 0) is 19.1 Å². The molecule has 0 bridgehead atoms. The molecular formula is C21H23N3O5. The zero-order chi connectivity index (χ0) is 21.4. The number of aryl methyl sites for hydroxylation is 1. The first-order valence-electron chi connectivity index (χ1n) is 8.98. The van der Waals surface area contributed by atoms with E-state index < -0.39 is 23.9 Å². The minimum Gasteiger partial charge on any atom is -0.451 e. The molecule has 0 saturated carbocycles. The molecule has 29 heavy (non-hydrogen) atoms. The van der Waals surface area contributed by atoms with Gasteiger partial charge in [-0.25, -0.2) is 0 Å². The third-order valence-electron chi connectivity index (χ3n) is 3.93. The summed E-state index contributed by atoms with van der Waals surface area (Å²) in [5.41, 5.74) is 2.34. The molecule has 2 aromatic rings. The molecule has 3 amide bonds. The van der Waals surface area contributed by atoms with Crippen LogP contribution in [-0.4, -0.2) is 36.3 Å². The summed E-state index contributed by atoms with van der Waals surface area (Å²) in [5.74, 6) is -1.83. The van der Waals surface area contributed by atoms with Crippen molar-refractivity contribution in [1.29, 1.82) is 0 Å². The number of rotatable bonds is 7. The zero-order valence-electron chi connectivity index (χ0n) is 16.4. The van der Waals surface area contributed by atoms with Crippen LogP contribution in [0, 0.1) is 6.92 Å². The summed E-state index contributed by atoms with van der Waals surface area (Å²) in [6.07, 6.45) is -1.05. The van der Waals surface area contributed by atoms with Gasteiger partial charge in [0.1, 0.15) is 6.54 Å². The van der Waals surface area contributed by atoms with Crippen LogP contribution in [0.15, 0.2) is 48.5 Å². The smallest absolute Gasteiger partial charge is 0.326 e. The van der Waals surface area contributed by atoms with E-state index in [0.29, 0.717) is 16.9 Å². The van der Waals surface area contributed by atoms with Gasteiger partial charge in [0.05, 0.1) is 0 Å². The van der Waals surface area contributed by atoms with Crippen LogP contribution >= 0.6 is 0 Å². The molecule has 0 saturated heterocycles. The monoisotopic (exact) mass is 397 g/mol. The van der Waals surface area contributed by atoms with E-state index in [4.69, 9.17) is 4.74 Å². The predicted molar refractivity (Wildman–Crippen MR) is 108 cm³/mol. The van der Waals surface area contributed by atoms with Crippen LogP contribution in [0.4, 0.5) is 11.4 Å². The molecule has 1 atom stereocenters. The fourth-order valence-corrected chi connectivity index (χ4v) is 2.45. The lowest BCUT2D eigenvalue weighted by atomic mass is 10.1. The van der Waals surface area contributed by atoms with Crippen molar-refractivity contribution in [3.05, 3.63) is 59.7 Å². The molecule has 8 nitrogen and oxygen atoms in total. The highest BCUT2D eigenvalue weighted by atomic mass is 16.5. The van der Waals surface area contributed by atoms with Gasteiger partial charge in [-0.1, -0.05) is 18.2 Å². The Hall–Kier alpha value is -3.68. The summed E-state index contributed by atoms with van der Waals surface area (Å²) in [7, 11) is 0. The Morgan fingerprint density at radius 3 is 2.10 bits per heavy atom. The topological polar surface area (TPSA) is 114 Å². The Kier molecular flexibility index (Phi) is 7.47. The molecule has 0 aliphatic carbocycles. The van der Waals surface area contributed by atoms with E-state index in [0.717, 1.165) is 5.56 Å². The molecule has 1 unspecified atom stereocenters. The molecule has 0 fully saturated rings. The van der Waals surface area contributed by atoms with Gasteiger partial charge in [0.15, 0.2) is 6.10 Å². The number of anilines is 2. The average molecular weight is 397 g/mol. The normalized spacial score (nSPS) is 11.1. The van der Waals surface area contributed by atoms with Crippen molar-refractivity contribution in [2.24, 2.45) is 0 Å². The maximum absolute atomic E-state index is 12.2.